The van der Waals surface area contributed by atoms with Crippen LogP contribution in [-0.2, 0) is 23.9 Å². The standard InChI is InChI=1S/C19H24N2O5S/c1-2-14(18(23)20-11-12-6-5-9-25-12)26-17(22)10-16-19(24)21-13-7-3-4-8-15(13)27-16/h3-4,7-8,12,14,16H,2,5-6,9-11H2,1H3,(H,20,23)(H,21,24)/t12-,14-,16-/m1/s1. The molecule has 0 saturated carbocycles. The van der Waals surface area contributed by atoms with E-state index in [0.29, 0.717) is 13.0 Å². The van der Waals surface area contributed by atoms with Gasteiger partial charge in [-0.25, -0.2) is 0 Å². The molecule has 1 aromatic rings. The SMILES string of the molecule is CC[C@@H](OC(=O)C[C@H]1Sc2ccccc2NC1=O)C(=O)NC[C@H]1CCCO1. The van der Waals surface area contributed by atoms with Crippen LogP contribution >= 0.6 is 11.8 Å². The number of anilines is 1. The Morgan fingerprint density at radius 2 is 2.22 bits per heavy atom. The average molecular weight is 392 g/mol. The van der Waals surface area contributed by atoms with Crippen molar-refractivity contribution in [2.45, 2.75) is 55.0 Å². The molecule has 146 valence electrons. The first-order valence-electron chi connectivity index (χ1n) is 9.22. The number of hydrogen-bond acceptors (Lipinski definition) is 6. The van der Waals surface area contributed by atoms with Crippen LogP contribution in [0.15, 0.2) is 29.2 Å². The van der Waals surface area contributed by atoms with E-state index >= 15 is 0 Å². The lowest BCUT2D eigenvalue weighted by Gasteiger charge is -2.24. The Morgan fingerprint density at radius 1 is 1.41 bits per heavy atom. The zero-order valence-corrected chi connectivity index (χ0v) is 16.1. The predicted molar refractivity (Wildman–Crippen MR) is 101 cm³/mol. The number of esters is 1. The molecule has 8 heteroatoms. The summed E-state index contributed by atoms with van der Waals surface area (Å²) in [6.07, 6.45) is 1.38. The van der Waals surface area contributed by atoms with Crippen LogP contribution in [0.25, 0.3) is 0 Å². The van der Waals surface area contributed by atoms with Gasteiger partial charge in [0.25, 0.3) is 5.91 Å². The number of ether oxygens (including phenoxy) is 2. The molecular weight excluding hydrogens is 368 g/mol. The number of rotatable bonds is 7. The van der Waals surface area contributed by atoms with E-state index < -0.39 is 17.3 Å². The molecule has 3 rings (SSSR count). The second-order valence-corrected chi connectivity index (χ2v) is 7.81. The van der Waals surface area contributed by atoms with Crippen LogP contribution in [-0.4, -0.2) is 48.4 Å². The van der Waals surface area contributed by atoms with Crippen LogP contribution in [0, 0.1) is 0 Å². The third kappa shape index (κ3) is 5.23. The number of carbonyl (C=O) groups excluding carboxylic acids is 3. The molecule has 3 atom stereocenters. The van der Waals surface area contributed by atoms with Crippen LogP contribution in [0.4, 0.5) is 5.69 Å². The molecule has 0 radical (unpaired) electrons. The third-order valence-electron chi connectivity index (χ3n) is 4.52. The van der Waals surface area contributed by atoms with Crippen molar-refractivity contribution in [1.29, 1.82) is 0 Å². The molecule has 2 aliphatic rings. The van der Waals surface area contributed by atoms with Crippen molar-refractivity contribution < 1.29 is 23.9 Å². The van der Waals surface area contributed by atoms with E-state index in [2.05, 4.69) is 10.6 Å². The Morgan fingerprint density at radius 3 is 2.96 bits per heavy atom. The van der Waals surface area contributed by atoms with Gasteiger partial charge in [-0.2, -0.15) is 0 Å². The third-order valence-corrected chi connectivity index (χ3v) is 5.80. The largest absolute Gasteiger partial charge is 0.452 e. The Kier molecular flexibility index (Phi) is 6.73. The number of carbonyl (C=O) groups is 3. The van der Waals surface area contributed by atoms with E-state index in [4.69, 9.17) is 9.47 Å². The maximum Gasteiger partial charge on any atom is 0.308 e. The second kappa shape index (κ2) is 9.23. The Hall–Kier alpha value is -2.06. The van der Waals surface area contributed by atoms with E-state index in [9.17, 15) is 14.4 Å². The molecule has 2 heterocycles. The molecule has 0 spiro atoms. The zero-order valence-electron chi connectivity index (χ0n) is 15.2. The highest BCUT2D eigenvalue weighted by atomic mass is 32.2. The fourth-order valence-electron chi connectivity index (χ4n) is 3.04. The molecule has 0 aromatic heterocycles. The molecule has 2 amide bonds. The maximum atomic E-state index is 12.3. The lowest BCUT2D eigenvalue weighted by atomic mass is 10.2. The van der Waals surface area contributed by atoms with Gasteiger partial charge in [0.2, 0.25) is 5.91 Å². The topological polar surface area (TPSA) is 93.7 Å². The number of thioether (sulfide) groups is 1. The summed E-state index contributed by atoms with van der Waals surface area (Å²) < 4.78 is 10.8. The maximum absolute atomic E-state index is 12.3. The highest BCUT2D eigenvalue weighted by molar-refractivity contribution is 8.01. The summed E-state index contributed by atoms with van der Waals surface area (Å²) in [5, 5.41) is 5.01. The lowest BCUT2D eigenvalue weighted by molar-refractivity contribution is -0.156. The van der Waals surface area contributed by atoms with Crippen molar-refractivity contribution in [1.82, 2.24) is 5.32 Å². The van der Waals surface area contributed by atoms with E-state index in [-0.39, 0.29) is 24.3 Å². The summed E-state index contributed by atoms with van der Waals surface area (Å²) in [5.41, 5.74) is 0.747. The lowest BCUT2D eigenvalue weighted by Crippen LogP contribution is -2.41. The molecule has 0 bridgehead atoms. The first-order chi connectivity index (χ1) is 13.1. The van der Waals surface area contributed by atoms with Crippen molar-refractivity contribution in [2.75, 3.05) is 18.5 Å². The Labute approximate surface area is 162 Å². The van der Waals surface area contributed by atoms with E-state index in [1.54, 1.807) is 6.92 Å². The molecule has 1 aromatic carbocycles. The van der Waals surface area contributed by atoms with Gasteiger partial charge in [-0.05, 0) is 31.4 Å². The van der Waals surface area contributed by atoms with E-state index in [1.807, 2.05) is 24.3 Å². The average Bonchev–Trinajstić information content (AvgIpc) is 3.18. The minimum absolute atomic E-state index is 0.0320. The Bertz CT molecular complexity index is 705. The van der Waals surface area contributed by atoms with Gasteiger partial charge in [-0.15, -0.1) is 11.8 Å². The quantitative estimate of drug-likeness (QED) is 0.691. The van der Waals surface area contributed by atoms with Crippen molar-refractivity contribution in [3.63, 3.8) is 0 Å². The first kappa shape index (κ1) is 19.7. The van der Waals surface area contributed by atoms with Gasteiger partial charge in [-0.1, -0.05) is 19.1 Å². The molecule has 2 N–H and O–H groups in total. The monoisotopic (exact) mass is 392 g/mol. The summed E-state index contributed by atoms with van der Waals surface area (Å²) in [6.45, 7) is 2.92. The van der Waals surface area contributed by atoms with Gasteiger partial charge in [-0.3, -0.25) is 14.4 Å². The molecule has 0 aliphatic carbocycles. The van der Waals surface area contributed by atoms with Crippen LogP contribution in [0.1, 0.15) is 32.6 Å². The highest BCUT2D eigenvalue weighted by Crippen LogP contribution is 2.36. The fourth-order valence-corrected chi connectivity index (χ4v) is 4.14. The number of amides is 2. The molecule has 2 aliphatic heterocycles. The molecular formula is C19H24N2O5S. The minimum atomic E-state index is -0.858. The van der Waals surface area contributed by atoms with Gasteiger partial charge in [0, 0.05) is 18.0 Å². The normalized spacial score (nSPS) is 22.5. The predicted octanol–water partition coefficient (Wildman–Crippen LogP) is 2.11. The molecule has 0 unspecified atom stereocenters. The summed E-state index contributed by atoms with van der Waals surface area (Å²) in [4.78, 5) is 37.7. The van der Waals surface area contributed by atoms with E-state index in [0.717, 1.165) is 30.0 Å². The van der Waals surface area contributed by atoms with Gasteiger partial charge in [0.05, 0.1) is 23.5 Å². The summed E-state index contributed by atoms with van der Waals surface area (Å²) in [7, 11) is 0. The van der Waals surface area contributed by atoms with Crippen LogP contribution < -0.4 is 10.6 Å². The van der Waals surface area contributed by atoms with Gasteiger partial charge < -0.3 is 20.1 Å². The smallest absolute Gasteiger partial charge is 0.308 e. The Balaban J connectivity index is 1.49. The summed E-state index contributed by atoms with van der Waals surface area (Å²) in [5.74, 6) is -1.11. The minimum Gasteiger partial charge on any atom is -0.452 e. The van der Waals surface area contributed by atoms with Gasteiger partial charge >= 0.3 is 5.97 Å². The highest BCUT2D eigenvalue weighted by Gasteiger charge is 2.31. The van der Waals surface area contributed by atoms with Crippen molar-refractivity contribution >= 4 is 35.2 Å². The number of para-hydroxylation sites is 1. The van der Waals surface area contributed by atoms with Crippen LogP contribution in [0.5, 0.6) is 0 Å². The number of fused-ring (bicyclic) bond motifs is 1. The molecule has 1 fully saturated rings. The van der Waals surface area contributed by atoms with Gasteiger partial charge in [0.1, 0.15) is 0 Å². The van der Waals surface area contributed by atoms with E-state index in [1.165, 1.54) is 11.8 Å². The van der Waals surface area contributed by atoms with Crippen molar-refractivity contribution in [3.05, 3.63) is 24.3 Å². The molecule has 1 saturated heterocycles. The van der Waals surface area contributed by atoms with Crippen molar-refractivity contribution in [2.24, 2.45) is 0 Å². The number of hydrogen-bond donors (Lipinski definition) is 2. The number of benzene rings is 1. The number of nitrogens with one attached hydrogen (secondary N) is 2. The first-order valence-corrected chi connectivity index (χ1v) is 10.1. The summed E-state index contributed by atoms with van der Waals surface area (Å²) >= 11 is 1.33. The van der Waals surface area contributed by atoms with Crippen LogP contribution in [0.2, 0.25) is 0 Å². The second-order valence-electron chi connectivity index (χ2n) is 6.56. The molecule has 27 heavy (non-hydrogen) atoms. The zero-order chi connectivity index (χ0) is 19.2. The van der Waals surface area contributed by atoms with Gasteiger partial charge in [0.15, 0.2) is 6.10 Å². The molecule has 7 nitrogen and oxygen atoms in total. The van der Waals surface area contributed by atoms with Crippen molar-refractivity contribution in [3.8, 4) is 0 Å². The van der Waals surface area contributed by atoms with Crippen LogP contribution in [0.3, 0.4) is 0 Å². The fraction of sp³-hybridized carbons (Fsp3) is 0.526. The summed E-state index contributed by atoms with van der Waals surface area (Å²) in [6, 6.07) is 7.44.